The maximum absolute atomic E-state index is 11.5. The Balaban J connectivity index is 2.28. The monoisotopic (exact) mass is 223 g/mol. The van der Waals surface area contributed by atoms with Crippen molar-refractivity contribution in [2.45, 2.75) is 39.2 Å². The lowest BCUT2D eigenvalue weighted by atomic mass is 10.0. The Morgan fingerprint density at radius 3 is 2.62 bits per heavy atom. The van der Waals surface area contributed by atoms with Gasteiger partial charge in [-0.25, -0.2) is 0 Å². The van der Waals surface area contributed by atoms with Crippen LogP contribution in [0.2, 0.25) is 0 Å². The molecule has 0 bridgehead atoms. The Morgan fingerprint density at radius 1 is 1.56 bits per heavy atom. The van der Waals surface area contributed by atoms with E-state index in [0.29, 0.717) is 13.0 Å². The number of likely N-dealkylation sites (N-methyl/N-ethyl adjacent to an activating group) is 1. The fraction of sp³-hybridized carbons (Fsp3) is 0.833. The average Bonchev–Trinajstić information content (AvgIpc) is 2.82. The van der Waals surface area contributed by atoms with Crippen LogP contribution in [0.3, 0.4) is 0 Å². The SMILES string of the molecule is CC(C)NC(=O)CN(C)CC1(CC#N)CC1. The van der Waals surface area contributed by atoms with Crippen molar-refractivity contribution in [1.82, 2.24) is 10.2 Å². The van der Waals surface area contributed by atoms with Crippen LogP contribution in [0.25, 0.3) is 0 Å². The van der Waals surface area contributed by atoms with Crippen LogP contribution >= 0.6 is 0 Å². The van der Waals surface area contributed by atoms with Gasteiger partial charge in [-0.1, -0.05) is 0 Å². The minimum absolute atomic E-state index is 0.0604. The van der Waals surface area contributed by atoms with Crippen LogP contribution < -0.4 is 5.32 Å². The Kier molecular flexibility index (Phi) is 4.31. The van der Waals surface area contributed by atoms with Gasteiger partial charge in [0.05, 0.1) is 12.6 Å². The second-order valence-electron chi connectivity index (χ2n) is 5.23. The lowest BCUT2D eigenvalue weighted by molar-refractivity contribution is -0.122. The first-order chi connectivity index (χ1) is 7.47. The molecule has 1 amide bonds. The number of carbonyl (C=O) groups excluding carboxylic acids is 1. The molecule has 1 fully saturated rings. The number of carbonyl (C=O) groups is 1. The maximum Gasteiger partial charge on any atom is 0.234 e. The Morgan fingerprint density at radius 2 is 2.19 bits per heavy atom. The van der Waals surface area contributed by atoms with Gasteiger partial charge in [-0.15, -0.1) is 0 Å². The van der Waals surface area contributed by atoms with Crippen LogP contribution in [0.5, 0.6) is 0 Å². The summed E-state index contributed by atoms with van der Waals surface area (Å²) in [5.41, 5.74) is 0.182. The lowest BCUT2D eigenvalue weighted by Crippen LogP contribution is -2.40. The first kappa shape index (κ1) is 13.0. The molecule has 0 radical (unpaired) electrons. The van der Waals surface area contributed by atoms with Gasteiger partial charge in [0.15, 0.2) is 0 Å². The zero-order valence-corrected chi connectivity index (χ0v) is 10.4. The van der Waals surface area contributed by atoms with Gasteiger partial charge in [0, 0.05) is 19.0 Å². The summed E-state index contributed by atoms with van der Waals surface area (Å²) in [6, 6.07) is 2.42. The second kappa shape index (κ2) is 5.31. The van der Waals surface area contributed by atoms with Crippen LogP contribution in [0, 0.1) is 16.7 Å². The third-order valence-electron chi connectivity index (χ3n) is 2.88. The standard InChI is InChI=1S/C12H21N3O/c1-10(2)14-11(16)8-15(3)9-12(4-5-12)6-7-13/h10H,4-6,8-9H2,1-3H3,(H,14,16). The van der Waals surface area contributed by atoms with E-state index < -0.39 is 0 Å². The molecule has 90 valence electrons. The molecule has 1 N–H and O–H groups in total. The molecule has 0 aromatic rings. The van der Waals surface area contributed by atoms with E-state index in [1.54, 1.807) is 0 Å². The first-order valence-corrected chi connectivity index (χ1v) is 5.82. The molecular weight excluding hydrogens is 202 g/mol. The molecule has 1 aliphatic rings. The molecule has 4 heteroatoms. The number of nitrogens with one attached hydrogen (secondary N) is 1. The third-order valence-corrected chi connectivity index (χ3v) is 2.88. The van der Waals surface area contributed by atoms with E-state index >= 15 is 0 Å². The highest BCUT2D eigenvalue weighted by atomic mass is 16.2. The van der Waals surface area contributed by atoms with Crippen LogP contribution in [-0.2, 0) is 4.79 Å². The van der Waals surface area contributed by atoms with Gasteiger partial charge in [0.1, 0.15) is 0 Å². The number of rotatable bonds is 6. The van der Waals surface area contributed by atoms with E-state index in [1.807, 2.05) is 25.8 Å². The van der Waals surface area contributed by atoms with Crippen molar-refractivity contribution in [3.63, 3.8) is 0 Å². The van der Waals surface area contributed by atoms with Gasteiger partial charge >= 0.3 is 0 Å². The summed E-state index contributed by atoms with van der Waals surface area (Å²) < 4.78 is 0. The highest BCUT2D eigenvalue weighted by molar-refractivity contribution is 5.78. The molecule has 0 heterocycles. The second-order valence-corrected chi connectivity index (χ2v) is 5.23. The molecule has 1 aliphatic carbocycles. The molecule has 1 rings (SSSR count). The smallest absolute Gasteiger partial charge is 0.234 e. The van der Waals surface area contributed by atoms with Crippen molar-refractivity contribution in [1.29, 1.82) is 5.26 Å². The molecule has 0 aromatic heterocycles. The molecule has 1 saturated carbocycles. The first-order valence-electron chi connectivity index (χ1n) is 5.82. The largest absolute Gasteiger partial charge is 0.353 e. The van der Waals surface area contributed by atoms with Gasteiger partial charge in [-0.05, 0) is 39.2 Å². The number of nitriles is 1. The van der Waals surface area contributed by atoms with E-state index in [2.05, 4.69) is 11.4 Å². The van der Waals surface area contributed by atoms with Gasteiger partial charge in [0.2, 0.25) is 5.91 Å². The zero-order valence-electron chi connectivity index (χ0n) is 10.4. The van der Waals surface area contributed by atoms with Crippen molar-refractivity contribution in [3.05, 3.63) is 0 Å². The zero-order chi connectivity index (χ0) is 12.2. The molecule has 16 heavy (non-hydrogen) atoms. The van der Waals surface area contributed by atoms with Gasteiger partial charge in [-0.2, -0.15) is 5.26 Å². The fourth-order valence-electron chi connectivity index (χ4n) is 1.98. The van der Waals surface area contributed by atoms with Gasteiger partial charge < -0.3 is 5.32 Å². The van der Waals surface area contributed by atoms with Crippen LogP contribution in [0.4, 0.5) is 0 Å². The molecule has 0 spiro atoms. The van der Waals surface area contributed by atoms with Crippen molar-refractivity contribution >= 4 is 5.91 Å². The number of amides is 1. The van der Waals surface area contributed by atoms with Crippen LogP contribution in [0.1, 0.15) is 33.1 Å². The third kappa shape index (κ3) is 4.19. The maximum atomic E-state index is 11.5. The quantitative estimate of drug-likeness (QED) is 0.734. The number of nitrogens with zero attached hydrogens (tertiary/aromatic N) is 2. The van der Waals surface area contributed by atoms with E-state index in [4.69, 9.17) is 5.26 Å². The molecule has 0 atom stereocenters. The fourth-order valence-corrected chi connectivity index (χ4v) is 1.98. The Bertz CT molecular complexity index is 289. The van der Waals surface area contributed by atoms with Crippen molar-refractivity contribution in [2.75, 3.05) is 20.1 Å². The van der Waals surface area contributed by atoms with Crippen molar-refractivity contribution in [3.8, 4) is 6.07 Å². The Labute approximate surface area is 97.6 Å². The van der Waals surface area contributed by atoms with E-state index in [9.17, 15) is 4.79 Å². The molecule has 0 aliphatic heterocycles. The minimum Gasteiger partial charge on any atom is -0.353 e. The lowest BCUT2D eigenvalue weighted by Gasteiger charge is -2.21. The average molecular weight is 223 g/mol. The van der Waals surface area contributed by atoms with Crippen molar-refractivity contribution < 1.29 is 4.79 Å². The van der Waals surface area contributed by atoms with Crippen LogP contribution in [-0.4, -0.2) is 37.0 Å². The van der Waals surface area contributed by atoms with Gasteiger partial charge in [-0.3, -0.25) is 9.69 Å². The van der Waals surface area contributed by atoms with E-state index in [0.717, 1.165) is 19.4 Å². The molecule has 0 unspecified atom stereocenters. The molecular formula is C12H21N3O. The van der Waals surface area contributed by atoms with Crippen LogP contribution in [0.15, 0.2) is 0 Å². The summed E-state index contributed by atoms with van der Waals surface area (Å²) in [6.45, 7) is 5.18. The predicted molar refractivity (Wildman–Crippen MR) is 62.7 cm³/mol. The van der Waals surface area contributed by atoms with E-state index in [-0.39, 0.29) is 17.4 Å². The predicted octanol–water partition coefficient (Wildman–Crippen LogP) is 1.14. The topological polar surface area (TPSA) is 56.1 Å². The number of hydrogen-bond donors (Lipinski definition) is 1. The summed E-state index contributed by atoms with van der Waals surface area (Å²) in [4.78, 5) is 13.5. The summed E-state index contributed by atoms with van der Waals surface area (Å²) in [6.07, 6.45) is 2.86. The van der Waals surface area contributed by atoms with Crippen molar-refractivity contribution in [2.24, 2.45) is 5.41 Å². The highest BCUT2D eigenvalue weighted by Crippen LogP contribution is 2.48. The molecule has 4 nitrogen and oxygen atoms in total. The summed E-state index contributed by atoms with van der Waals surface area (Å²) in [5.74, 6) is 0.0604. The minimum atomic E-state index is 0.0604. The highest BCUT2D eigenvalue weighted by Gasteiger charge is 2.43. The summed E-state index contributed by atoms with van der Waals surface area (Å²) in [5, 5.41) is 11.6. The van der Waals surface area contributed by atoms with Gasteiger partial charge in [0.25, 0.3) is 0 Å². The normalized spacial score (nSPS) is 17.2. The van der Waals surface area contributed by atoms with E-state index in [1.165, 1.54) is 0 Å². The summed E-state index contributed by atoms with van der Waals surface area (Å²) in [7, 11) is 1.94. The molecule has 0 saturated heterocycles. The molecule has 0 aromatic carbocycles. The number of hydrogen-bond acceptors (Lipinski definition) is 3. The Hall–Kier alpha value is -1.08. The summed E-state index contributed by atoms with van der Waals surface area (Å²) >= 11 is 0.